The fourth-order valence-electron chi connectivity index (χ4n) is 3.47. The van der Waals surface area contributed by atoms with Crippen molar-refractivity contribution < 1.29 is 9.18 Å². The van der Waals surface area contributed by atoms with Gasteiger partial charge in [0.25, 0.3) is 0 Å². The molecule has 0 saturated carbocycles. The molecule has 30 heavy (non-hydrogen) atoms. The lowest BCUT2D eigenvalue weighted by molar-refractivity contribution is -0.115. The van der Waals surface area contributed by atoms with Gasteiger partial charge in [0.2, 0.25) is 5.91 Å². The van der Waals surface area contributed by atoms with E-state index in [4.69, 9.17) is 0 Å². The Hall–Kier alpha value is -2.61. The van der Waals surface area contributed by atoms with Crippen LogP contribution in [0.5, 0.6) is 0 Å². The second-order valence-corrected chi connectivity index (χ2v) is 8.51. The molecule has 156 valence electrons. The highest BCUT2D eigenvalue weighted by Crippen LogP contribution is 2.25. The normalized spacial score (nSPS) is 15.3. The Kier molecular flexibility index (Phi) is 6.52. The van der Waals surface area contributed by atoms with Crippen molar-refractivity contribution in [2.24, 2.45) is 0 Å². The van der Waals surface area contributed by atoms with E-state index in [9.17, 15) is 9.18 Å². The average Bonchev–Trinajstić information content (AvgIpc) is 3.18. The van der Waals surface area contributed by atoms with Gasteiger partial charge in [0.1, 0.15) is 10.8 Å². The van der Waals surface area contributed by atoms with Crippen molar-refractivity contribution in [3.63, 3.8) is 0 Å². The maximum absolute atomic E-state index is 13.2. The molecular weight excluding hydrogens is 399 g/mol. The zero-order valence-electron chi connectivity index (χ0n) is 17.0. The minimum atomic E-state index is -0.375. The molecule has 3 aromatic rings. The summed E-state index contributed by atoms with van der Waals surface area (Å²) in [6.07, 6.45) is 0.161. The molecule has 1 amide bonds. The van der Waals surface area contributed by atoms with Crippen molar-refractivity contribution in [2.45, 2.75) is 13.0 Å². The number of likely N-dealkylation sites (N-methyl/N-ethyl adjacent to an activating group) is 1. The largest absolute Gasteiger partial charge is 0.326 e. The lowest BCUT2D eigenvalue weighted by atomic mass is 10.1. The number of benzene rings is 2. The van der Waals surface area contributed by atoms with Crippen molar-refractivity contribution in [2.75, 3.05) is 38.5 Å². The molecule has 1 saturated heterocycles. The number of halogens is 1. The fourth-order valence-corrected chi connectivity index (χ4v) is 4.30. The zero-order valence-corrected chi connectivity index (χ0v) is 17.8. The molecule has 1 fully saturated rings. The van der Waals surface area contributed by atoms with Crippen LogP contribution >= 0.6 is 11.3 Å². The highest BCUT2D eigenvalue weighted by atomic mass is 32.1. The molecule has 2 heterocycles. The van der Waals surface area contributed by atoms with Crippen molar-refractivity contribution in [3.8, 4) is 10.6 Å². The van der Waals surface area contributed by atoms with Gasteiger partial charge in [0, 0.05) is 49.4 Å². The third-order valence-corrected chi connectivity index (χ3v) is 6.14. The van der Waals surface area contributed by atoms with E-state index in [1.807, 2.05) is 5.38 Å². The summed E-state index contributed by atoms with van der Waals surface area (Å²) in [6.45, 7) is 5.41. The number of rotatable bonds is 6. The number of carbonyl (C=O) groups is 1. The van der Waals surface area contributed by atoms with Crippen LogP contribution in [0.3, 0.4) is 0 Å². The molecule has 5 nitrogen and oxygen atoms in total. The number of hydrogen-bond acceptors (Lipinski definition) is 5. The first kappa shape index (κ1) is 20.7. The average molecular weight is 425 g/mol. The first-order valence-electron chi connectivity index (χ1n) is 10.1. The molecule has 1 aromatic heterocycles. The molecule has 1 N–H and O–H groups in total. The van der Waals surface area contributed by atoms with Crippen molar-refractivity contribution in [1.29, 1.82) is 0 Å². The molecule has 7 heteroatoms. The van der Waals surface area contributed by atoms with Gasteiger partial charge in [-0.25, -0.2) is 9.37 Å². The fraction of sp³-hybridized carbons (Fsp3) is 0.304. The van der Waals surface area contributed by atoms with Crippen LogP contribution in [-0.2, 0) is 17.8 Å². The summed E-state index contributed by atoms with van der Waals surface area (Å²) < 4.78 is 13.2. The number of nitrogens with zero attached hydrogens (tertiary/aromatic N) is 3. The van der Waals surface area contributed by atoms with E-state index in [2.05, 4.69) is 51.4 Å². The summed E-state index contributed by atoms with van der Waals surface area (Å²) >= 11 is 1.53. The highest BCUT2D eigenvalue weighted by molar-refractivity contribution is 7.13. The molecule has 0 bridgehead atoms. The molecule has 2 aromatic carbocycles. The quantitative estimate of drug-likeness (QED) is 0.653. The SMILES string of the molecule is CN1CCN(Cc2ccc(-c3nc(CC(=O)Nc4cccc(F)c4)cs3)cc2)CC1. The van der Waals surface area contributed by atoms with Crippen molar-refractivity contribution >= 4 is 22.9 Å². The topological polar surface area (TPSA) is 48.5 Å². The Balaban J connectivity index is 1.33. The van der Waals surface area contributed by atoms with Gasteiger partial charge in [-0.05, 0) is 30.8 Å². The van der Waals surface area contributed by atoms with Gasteiger partial charge in [0.15, 0.2) is 0 Å². The molecule has 1 aliphatic heterocycles. The van der Waals surface area contributed by atoms with E-state index in [0.717, 1.165) is 43.3 Å². The molecule has 0 aliphatic carbocycles. The van der Waals surface area contributed by atoms with E-state index in [0.29, 0.717) is 11.4 Å². The van der Waals surface area contributed by atoms with Gasteiger partial charge in [0.05, 0.1) is 12.1 Å². The number of piperazine rings is 1. The van der Waals surface area contributed by atoms with Gasteiger partial charge in [-0.15, -0.1) is 11.3 Å². The van der Waals surface area contributed by atoms with Crippen LogP contribution in [0.25, 0.3) is 10.6 Å². The first-order valence-corrected chi connectivity index (χ1v) is 10.9. The zero-order chi connectivity index (χ0) is 20.9. The van der Waals surface area contributed by atoms with Crippen molar-refractivity contribution in [1.82, 2.24) is 14.8 Å². The van der Waals surface area contributed by atoms with E-state index in [-0.39, 0.29) is 18.1 Å². The second kappa shape index (κ2) is 9.47. The Labute approximate surface area is 180 Å². The van der Waals surface area contributed by atoms with E-state index >= 15 is 0 Å². The Morgan fingerprint density at radius 1 is 1.13 bits per heavy atom. The van der Waals surface area contributed by atoms with Crippen LogP contribution in [0.15, 0.2) is 53.9 Å². The summed E-state index contributed by atoms with van der Waals surface area (Å²) in [5.74, 6) is -0.584. The Morgan fingerprint density at radius 2 is 1.90 bits per heavy atom. The van der Waals surface area contributed by atoms with Gasteiger partial charge in [-0.2, -0.15) is 0 Å². The predicted molar refractivity (Wildman–Crippen MR) is 119 cm³/mol. The van der Waals surface area contributed by atoms with Gasteiger partial charge >= 0.3 is 0 Å². The van der Waals surface area contributed by atoms with Gasteiger partial charge < -0.3 is 10.2 Å². The minimum absolute atomic E-state index is 0.161. The number of hydrogen-bond donors (Lipinski definition) is 1. The Bertz CT molecular complexity index is 996. The number of anilines is 1. The summed E-state index contributed by atoms with van der Waals surface area (Å²) in [5, 5.41) is 5.51. The molecule has 0 radical (unpaired) electrons. The Morgan fingerprint density at radius 3 is 2.63 bits per heavy atom. The van der Waals surface area contributed by atoms with Crippen LogP contribution in [-0.4, -0.2) is 53.9 Å². The predicted octanol–water partition coefficient (Wildman–Crippen LogP) is 3.88. The molecule has 1 aliphatic rings. The second-order valence-electron chi connectivity index (χ2n) is 7.66. The molecule has 0 spiro atoms. The number of amides is 1. The van der Waals surface area contributed by atoms with Crippen LogP contribution in [0, 0.1) is 5.82 Å². The lowest BCUT2D eigenvalue weighted by Crippen LogP contribution is -2.43. The lowest BCUT2D eigenvalue weighted by Gasteiger charge is -2.32. The number of thiazole rings is 1. The smallest absolute Gasteiger partial charge is 0.230 e. The first-order chi connectivity index (χ1) is 14.5. The summed E-state index contributed by atoms with van der Waals surface area (Å²) in [7, 11) is 2.17. The molecular formula is C23H25FN4OS. The van der Waals surface area contributed by atoms with Gasteiger partial charge in [-0.3, -0.25) is 9.69 Å². The highest BCUT2D eigenvalue weighted by Gasteiger charge is 2.14. The van der Waals surface area contributed by atoms with E-state index in [1.165, 1.54) is 29.0 Å². The summed E-state index contributed by atoms with van der Waals surface area (Å²) in [5.41, 5.74) is 3.52. The van der Waals surface area contributed by atoms with Gasteiger partial charge in [-0.1, -0.05) is 30.3 Å². The molecule has 0 unspecified atom stereocenters. The van der Waals surface area contributed by atoms with Crippen LogP contribution in [0.1, 0.15) is 11.3 Å². The van der Waals surface area contributed by atoms with Crippen LogP contribution in [0.2, 0.25) is 0 Å². The van der Waals surface area contributed by atoms with E-state index in [1.54, 1.807) is 12.1 Å². The van der Waals surface area contributed by atoms with Crippen LogP contribution in [0.4, 0.5) is 10.1 Å². The monoisotopic (exact) mass is 424 g/mol. The summed E-state index contributed by atoms with van der Waals surface area (Å²) in [6, 6.07) is 14.4. The van der Waals surface area contributed by atoms with E-state index < -0.39 is 0 Å². The third kappa shape index (κ3) is 5.50. The number of carbonyl (C=O) groups excluding carboxylic acids is 1. The third-order valence-electron chi connectivity index (χ3n) is 5.20. The summed E-state index contributed by atoms with van der Waals surface area (Å²) in [4.78, 5) is 21.7. The maximum Gasteiger partial charge on any atom is 0.230 e. The molecule has 4 rings (SSSR count). The van der Waals surface area contributed by atoms with Crippen LogP contribution < -0.4 is 5.32 Å². The number of aromatic nitrogens is 1. The maximum atomic E-state index is 13.2. The number of nitrogens with one attached hydrogen (secondary N) is 1. The van der Waals surface area contributed by atoms with Crippen molar-refractivity contribution in [3.05, 3.63) is 71.0 Å². The standard InChI is InChI=1S/C23H25FN4OS/c1-27-9-11-28(12-10-27)15-17-5-7-18(8-6-17)23-26-21(16-30-23)14-22(29)25-20-4-2-3-19(24)13-20/h2-8,13,16H,9-12,14-15H2,1H3,(H,25,29). The molecule has 0 atom stereocenters. The minimum Gasteiger partial charge on any atom is -0.326 e.